The molecule has 20 heavy (non-hydrogen) atoms. The van der Waals surface area contributed by atoms with Crippen LogP contribution in [0.5, 0.6) is 0 Å². The van der Waals surface area contributed by atoms with Crippen molar-refractivity contribution in [1.29, 1.82) is 0 Å². The van der Waals surface area contributed by atoms with E-state index in [2.05, 4.69) is 5.48 Å². The fourth-order valence-corrected chi connectivity index (χ4v) is 2.48. The van der Waals surface area contributed by atoms with Crippen molar-refractivity contribution in [3.05, 3.63) is 66.2 Å². The van der Waals surface area contributed by atoms with Crippen LogP contribution in [-0.4, -0.2) is 11.7 Å². The second-order valence-corrected chi connectivity index (χ2v) is 5.38. The van der Waals surface area contributed by atoms with Gasteiger partial charge in [0, 0.05) is 17.1 Å². The van der Waals surface area contributed by atoms with Crippen molar-refractivity contribution in [2.45, 2.75) is 17.9 Å². The van der Waals surface area contributed by atoms with Crippen molar-refractivity contribution in [1.82, 2.24) is 5.48 Å². The minimum Gasteiger partial charge on any atom is -0.273 e. The summed E-state index contributed by atoms with van der Waals surface area (Å²) in [6.07, 6.45) is 0.439. The maximum Gasteiger partial charge on any atom is 0.244 e. The topological polar surface area (TPSA) is 38.3 Å². The quantitative estimate of drug-likeness (QED) is 0.626. The SMILES string of the molecule is O=C(CCSc1ccccc1)NOCc1ccccc1. The van der Waals surface area contributed by atoms with E-state index in [0.29, 0.717) is 13.0 Å². The second kappa shape index (κ2) is 8.40. The van der Waals surface area contributed by atoms with E-state index in [1.165, 1.54) is 4.90 Å². The standard InChI is InChI=1S/C16H17NO2S/c18-16(11-12-20-15-9-5-2-6-10-15)17-19-13-14-7-3-1-4-8-14/h1-10H,11-13H2,(H,17,18). The van der Waals surface area contributed by atoms with Gasteiger partial charge in [-0.15, -0.1) is 11.8 Å². The molecule has 0 aromatic heterocycles. The number of hydrogen-bond donors (Lipinski definition) is 1. The van der Waals surface area contributed by atoms with Crippen molar-refractivity contribution >= 4 is 17.7 Å². The van der Waals surface area contributed by atoms with Gasteiger partial charge in [-0.1, -0.05) is 48.5 Å². The first-order chi connectivity index (χ1) is 9.84. The summed E-state index contributed by atoms with van der Waals surface area (Å²) >= 11 is 1.66. The summed E-state index contributed by atoms with van der Waals surface area (Å²) < 4.78 is 0. The summed E-state index contributed by atoms with van der Waals surface area (Å²) in [6.45, 7) is 0.387. The molecule has 0 saturated carbocycles. The number of carbonyl (C=O) groups is 1. The number of benzene rings is 2. The van der Waals surface area contributed by atoms with Crippen molar-refractivity contribution < 1.29 is 9.63 Å². The lowest BCUT2D eigenvalue weighted by Gasteiger charge is -2.06. The van der Waals surface area contributed by atoms with Crippen LogP contribution in [0.2, 0.25) is 0 Å². The highest BCUT2D eigenvalue weighted by Crippen LogP contribution is 2.17. The lowest BCUT2D eigenvalue weighted by atomic mass is 10.2. The molecule has 1 amide bonds. The zero-order valence-corrected chi connectivity index (χ0v) is 11.9. The molecule has 0 bridgehead atoms. The summed E-state index contributed by atoms with van der Waals surface area (Å²) in [5.74, 6) is 0.647. The minimum absolute atomic E-state index is 0.0932. The molecule has 4 heteroatoms. The van der Waals surface area contributed by atoms with E-state index in [1.807, 2.05) is 60.7 Å². The van der Waals surface area contributed by atoms with Crippen molar-refractivity contribution in [3.63, 3.8) is 0 Å². The molecule has 0 unspecified atom stereocenters. The highest BCUT2D eigenvalue weighted by atomic mass is 32.2. The monoisotopic (exact) mass is 287 g/mol. The molecule has 0 heterocycles. The van der Waals surface area contributed by atoms with Crippen LogP contribution in [0.1, 0.15) is 12.0 Å². The summed E-state index contributed by atoms with van der Waals surface area (Å²) in [5.41, 5.74) is 3.50. The normalized spacial score (nSPS) is 10.2. The van der Waals surface area contributed by atoms with E-state index >= 15 is 0 Å². The maximum atomic E-state index is 11.6. The fourth-order valence-electron chi connectivity index (χ4n) is 1.60. The van der Waals surface area contributed by atoms with Crippen molar-refractivity contribution in [2.24, 2.45) is 0 Å². The van der Waals surface area contributed by atoms with Gasteiger partial charge >= 0.3 is 0 Å². The number of hydrogen-bond acceptors (Lipinski definition) is 3. The molecule has 0 aliphatic carbocycles. The number of thioether (sulfide) groups is 1. The number of amides is 1. The molecule has 2 aromatic carbocycles. The zero-order chi connectivity index (χ0) is 14.0. The van der Waals surface area contributed by atoms with Crippen molar-refractivity contribution in [2.75, 3.05) is 5.75 Å². The molecule has 0 radical (unpaired) electrons. The Balaban J connectivity index is 1.59. The van der Waals surface area contributed by atoms with Gasteiger partial charge in [0.15, 0.2) is 0 Å². The molecule has 1 N–H and O–H groups in total. The molecular formula is C16H17NO2S. The first-order valence-corrected chi connectivity index (χ1v) is 7.45. The Hall–Kier alpha value is -1.78. The van der Waals surface area contributed by atoms with E-state index in [-0.39, 0.29) is 5.91 Å². The summed E-state index contributed by atoms with van der Waals surface area (Å²) in [4.78, 5) is 17.9. The third kappa shape index (κ3) is 5.47. The highest BCUT2D eigenvalue weighted by Gasteiger charge is 2.02. The number of hydroxylamine groups is 1. The van der Waals surface area contributed by atoms with Gasteiger partial charge in [-0.2, -0.15) is 0 Å². The molecule has 0 aliphatic heterocycles. The van der Waals surface area contributed by atoms with Crippen molar-refractivity contribution in [3.8, 4) is 0 Å². The lowest BCUT2D eigenvalue weighted by molar-refractivity contribution is -0.134. The molecule has 0 spiro atoms. The van der Waals surface area contributed by atoms with Crippen LogP contribution in [0.15, 0.2) is 65.6 Å². The molecule has 2 rings (SSSR count). The van der Waals surface area contributed by atoms with Gasteiger partial charge in [0.1, 0.15) is 0 Å². The number of nitrogens with one attached hydrogen (secondary N) is 1. The Morgan fingerprint density at radius 1 is 1.00 bits per heavy atom. The predicted octanol–water partition coefficient (Wildman–Crippen LogP) is 3.42. The van der Waals surface area contributed by atoms with Crippen LogP contribution in [0.25, 0.3) is 0 Å². The average Bonchev–Trinajstić information content (AvgIpc) is 2.49. The molecule has 0 fully saturated rings. The highest BCUT2D eigenvalue weighted by molar-refractivity contribution is 7.99. The Morgan fingerprint density at radius 2 is 1.65 bits per heavy atom. The number of rotatable bonds is 7. The third-order valence-electron chi connectivity index (χ3n) is 2.61. The Kier molecular flexibility index (Phi) is 6.14. The van der Waals surface area contributed by atoms with Crippen LogP contribution in [0.4, 0.5) is 0 Å². The Morgan fingerprint density at radius 3 is 2.35 bits per heavy atom. The number of carbonyl (C=O) groups excluding carboxylic acids is 1. The average molecular weight is 287 g/mol. The first kappa shape index (κ1) is 14.6. The van der Waals surface area contributed by atoms with Crippen LogP contribution < -0.4 is 5.48 Å². The maximum absolute atomic E-state index is 11.6. The lowest BCUT2D eigenvalue weighted by Crippen LogP contribution is -2.23. The van der Waals surface area contributed by atoms with Crippen LogP contribution in [-0.2, 0) is 16.2 Å². The van der Waals surface area contributed by atoms with E-state index in [1.54, 1.807) is 11.8 Å². The summed E-state index contributed by atoms with van der Waals surface area (Å²) in [6, 6.07) is 19.8. The van der Waals surface area contributed by atoms with Gasteiger partial charge in [-0.05, 0) is 17.7 Å². The van der Waals surface area contributed by atoms with Gasteiger partial charge in [-0.25, -0.2) is 5.48 Å². The molecule has 0 atom stereocenters. The Bertz CT molecular complexity index is 469. The smallest absolute Gasteiger partial charge is 0.244 e. The largest absolute Gasteiger partial charge is 0.273 e. The van der Waals surface area contributed by atoms with E-state index in [0.717, 1.165) is 11.3 Å². The summed E-state index contributed by atoms with van der Waals surface area (Å²) in [5, 5.41) is 0. The van der Waals surface area contributed by atoms with Gasteiger partial charge in [-0.3, -0.25) is 9.63 Å². The molecule has 104 valence electrons. The second-order valence-electron chi connectivity index (χ2n) is 4.21. The van der Waals surface area contributed by atoms with Gasteiger partial charge in [0.05, 0.1) is 6.61 Å². The molecular weight excluding hydrogens is 270 g/mol. The van der Waals surface area contributed by atoms with Crippen LogP contribution >= 0.6 is 11.8 Å². The van der Waals surface area contributed by atoms with Crippen LogP contribution in [0, 0.1) is 0 Å². The molecule has 0 aliphatic rings. The predicted molar refractivity (Wildman–Crippen MR) is 81.2 cm³/mol. The van der Waals surface area contributed by atoms with Gasteiger partial charge in [0.2, 0.25) is 5.91 Å². The minimum atomic E-state index is -0.0932. The van der Waals surface area contributed by atoms with E-state index < -0.39 is 0 Å². The van der Waals surface area contributed by atoms with Gasteiger partial charge in [0.25, 0.3) is 0 Å². The molecule has 0 saturated heterocycles. The fraction of sp³-hybridized carbons (Fsp3) is 0.188. The van der Waals surface area contributed by atoms with E-state index in [9.17, 15) is 4.79 Å². The van der Waals surface area contributed by atoms with Gasteiger partial charge < -0.3 is 0 Å². The first-order valence-electron chi connectivity index (χ1n) is 6.47. The van der Waals surface area contributed by atoms with Crippen LogP contribution in [0.3, 0.4) is 0 Å². The third-order valence-corrected chi connectivity index (χ3v) is 3.62. The zero-order valence-electron chi connectivity index (χ0n) is 11.1. The molecule has 3 nitrogen and oxygen atoms in total. The van der Waals surface area contributed by atoms with E-state index in [4.69, 9.17) is 4.84 Å². The molecule has 2 aromatic rings. The Labute approximate surface area is 123 Å². The summed E-state index contributed by atoms with van der Waals surface area (Å²) in [7, 11) is 0.